The first-order chi connectivity index (χ1) is 9.83. The van der Waals surface area contributed by atoms with Crippen molar-refractivity contribution in [3.05, 3.63) is 34.0 Å². The van der Waals surface area contributed by atoms with E-state index in [0.29, 0.717) is 11.4 Å². The molecule has 2 rings (SSSR count). The van der Waals surface area contributed by atoms with Crippen LogP contribution in [0.5, 0.6) is 0 Å². The molecule has 21 heavy (non-hydrogen) atoms. The highest BCUT2D eigenvalue weighted by molar-refractivity contribution is 7.12. The molecule has 0 aliphatic carbocycles. The van der Waals surface area contributed by atoms with Crippen molar-refractivity contribution < 1.29 is 9.53 Å². The number of aryl methyl sites for hydroxylation is 1. The Bertz CT molecular complexity index is 638. The lowest BCUT2D eigenvalue weighted by atomic mass is 10.1. The summed E-state index contributed by atoms with van der Waals surface area (Å²) in [6, 6.07) is 0. The van der Waals surface area contributed by atoms with Gasteiger partial charge in [-0.3, -0.25) is 4.57 Å². The molecule has 0 atom stereocenters. The summed E-state index contributed by atoms with van der Waals surface area (Å²) in [5.41, 5.74) is 2.92. The van der Waals surface area contributed by atoms with Gasteiger partial charge in [0.1, 0.15) is 4.88 Å². The standard InChI is InChI=1S/C15H21N3O2S/c1-10-8-21-13(14(19)20-5)12(10)18-9-16-6-11(18)7-17-15(2,3)4/h6,8-9,17H,7H2,1-5H3. The number of ether oxygens (including phenoxy) is 1. The van der Waals surface area contributed by atoms with Crippen LogP contribution in [0.25, 0.3) is 5.69 Å². The Hall–Kier alpha value is -1.66. The third-order valence-electron chi connectivity index (χ3n) is 3.07. The number of carbonyl (C=O) groups is 1. The Balaban J connectivity index is 2.38. The summed E-state index contributed by atoms with van der Waals surface area (Å²) in [5, 5.41) is 5.40. The second kappa shape index (κ2) is 5.99. The first-order valence-electron chi connectivity index (χ1n) is 6.76. The highest BCUT2D eigenvalue weighted by Crippen LogP contribution is 2.28. The summed E-state index contributed by atoms with van der Waals surface area (Å²) >= 11 is 1.40. The van der Waals surface area contributed by atoms with Gasteiger partial charge in [0.2, 0.25) is 0 Å². The number of esters is 1. The number of hydrogen-bond acceptors (Lipinski definition) is 5. The maximum atomic E-state index is 11.9. The Labute approximate surface area is 129 Å². The maximum absolute atomic E-state index is 11.9. The molecular weight excluding hydrogens is 286 g/mol. The summed E-state index contributed by atoms with van der Waals surface area (Å²) in [6.45, 7) is 9.01. The zero-order valence-electron chi connectivity index (χ0n) is 13.1. The third kappa shape index (κ3) is 3.51. The fourth-order valence-electron chi connectivity index (χ4n) is 1.99. The molecular formula is C15H21N3O2S. The molecule has 6 heteroatoms. The molecule has 0 saturated carbocycles. The Kier molecular flexibility index (Phi) is 4.49. The van der Waals surface area contributed by atoms with Crippen molar-refractivity contribution in [2.45, 2.75) is 39.8 Å². The number of thiophene rings is 1. The average molecular weight is 307 g/mol. The van der Waals surface area contributed by atoms with Gasteiger partial charge >= 0.3 is 5.97 Å². The third-order valence-corrected chi connectivity index (χ3v) is 4.14. The van der Waals surface area contributed by atoms with Crippen molar-refractivity contribution in [2.75, 3.05) is 7.11 Å². The molecule has 2 aromatic heterocycles. The summed E-state index contributed by atoms with van der Waals surface area (Å²) in [5.74, 6) is -0.313. The summed E-state index contributed by atoms with van der Waals surface area (Å²) < 4.78 is 6.82. The molecule has 0 radical (unpaired) electrons. The number of nitrogens with zero attached hydrogens (tertiary/aromatic N) is 2. The van der Waals surface area contributed by atoms with Crippen LogP contribution in [0.3, 0.4) is 0 Å². The van der Waals surface area contributed by atoms with Gasteiger partial charge in [-0.15, -0.1) is 11.3 Å². The predicted molar refractivity (Wildman–Crippen MR) is 84.1 cm³/mol. The van der Waals surface area contributed by atoms with Crippen LogP contribution in [0, 0.1) is 6.92 Å². The van der Waals surface area contributed by atoms with Crippen LogP contribution in [0.1, 0.15) is 41.7 Å². The average Bonchev–Trinajstić information content (AvgIpc) is 3.00. The SMILES string of the molecule is COC(=O)c1scc(C)c1-n1cncc1CNC(C)(C)C. The fraction of sp³-hybridized carbons (Fsp3) is 0.467. The zero-order chi connectivity index (χ0) is 15.6. The number of imidazole rings is 1. The van der Waals surface area contributed by atoms with E-state index in [0.717, 1.165) is 16.9 Å². The molecule has 2 aromatic rings. The monoisotopic (exact) mass is 307 g/mol. The highest BCUT2D eigenvalue weighted by atomic mass is 32.1. The molecule has 0 aliphatic rings. The minimum Gasteiger partial charge on any atom is -0.465 e. The number of rotatable bonds is 4. The van der Waals surface area contributed by atoms with Gasteiger partial charge in [0.15, 0.2) is 0 Å². The predicted octanol–water partition coefficient (Wildman–Crippen LogP) is 2.92. The quantitative estimate of drug-likeness (QED) is 0.882. The van der Waals surface area contributed by atoms with Crippen LogP contribution in [0.2, 0.25) is 0 Å². The summed E-state index contributed by atoms with van der Waals surface area (Å²) in [7, 11) is 1.40. The molecule has 114 valence electrons. The molecule has 0 aliphatic heterocycles. The first-order valence-corrected chi connectivity index (χ1v) is 7.64. The van der Waals surface area contributed by atoms with E-state index in [9.17, 15) is 4.79 Å². The van der Waals surface area contributed by atoms with Gasteiger partial charge in [-0.2, -0.15) is 0 Å². The van der Waals surface area contributed by atoms with E-state index in [1.807, 2.05) is 23.1 Å². The van der Waals surface area contributed by atoms with Crippen molar-refractivity contribution >= 4 is 17.3 Å². The molecule has 0 fully saturated rings. The number of hydrogen-bond donors (Lipinski definition) is 1. The number of aromatic nitrogens is 2. The van der Waals surface area contributed by atoms with Crippen molar-refractivity contribution in [3.63, 3.8) is 0 Å². The molecule has 1 N–H and O–H groups in total. The number of nitrogens with one attached hydrogen (secondary N) is 1. The maximum Gasteiger partial charge on any atom is 0.350 e. The first kappa shape index (κ1) is 15.7. The van der Waals surface area contributed by atoms with Gasteiger partial charge in [-0.1, -0.05) is 0 Å². The molecule has 0 unspecified atom stereocenters. The normalized spacial score (nSPS) is 11.7. The lowest BCUT2D eigenvalue weighted by Gasteiger charge is -2.21. The van der Waals surface area contributed by atoms with Crippen LogP contribution in [0.4, 0.5) is 0 Å². The minimum atomic E-state index is -0.313. The minimum absolute atomic E-state index is 0.0178. The second-order valence-corrected chi connectivity index (χ2v) is 6.83. The van der Waals surface area contributed by atoms with Gasteiger partial charge < -0.3 is 10.1 Å². The van der Waals surface area contributed by atoms with Crippen molar-refractivity contribution in [1.82, 2.24) is 14.9 Å². The Morgan fingerprint density at radius 2 is 2.19 bits per heavy atom. The van der Waals surface area contributed by atoms with E-state index in [-0.39, 0.29) is 11.5 Å². The van der Waals surface area contributed by atoms with Crippen molar-refractivity contribution in [2.24, 2.45) is 0 Å². The molecule has 0 aromatic carbocycles. The highest BCUT2D eigenvalue weighted by Gasteiger charge is 2.20. The van der Waals surface area contributed by atoms with E-state index in [1.54, 1.807) is 6.33 Å². The smallest absolute Gasteiger partial charge is 0.350 e. The van der Waals surface area contributed by atoms with E-state index in [2.05, 4.69) is 31.1 Å². The lowest BCUT2D eigenvalue weighted by Crippen LogP contribution is -2.35. The van der Waals surface area contributed by atoms with E-state index >= 15 is 0 Å². The summed E-state index contributed by atoms with van der Waals surface area (Å²) in [4.78, 5) is 16.7. The molecule has 0 saturated heterocycles. The number of methoxy groups -OCH3 is 1. The van der Waals surface area contributed by atoms with Crippen LogP contribution in [-0.4, -0.2) is 28.2 Å². The van der Waals surface area contributed by atoms with E-state index in [1.165, 1.54) is 18.4 Å². The zero-order valence-corrected chi connectivity index (χ0v) is 13.9. The Morgan fingerprint density at radius 1 is 1.48 bits per heavy atom. The van der Waals surface area contributed by atoms with Gasteiger partial charge in [0.25, 0.3) is 0 Å². The number of carbonyl (C=O) groups excluding carboxylic acids is 1. The molecule has 0 bridgehead atoms. The molecule has 0 spiro atoms. The van der Waals surface area contributed by atoms with Crippen LogP contribution < -0.4 is 5.32 Å². The molecule has 2 heterocycles. The molecule has 0 amide bonds. The van der Waals surface area contributed by atoms with E-state index < -0.39 is 0 Å². The van der Waals surface area contributed by atoms with Crippen molar-refractivity contribution in [1.29, 1.82) is 0 Å². The summed E-state index contributed by atoms with van der Waals surface area (Å²) in [6.07, 6.45) is 3.55. The van der Waals surface area contributed by atoms with E-state index in [4.69, 9.17) is 4.74 Å². The second-order valence-electron chi connectivity index (χ2n) is 5.95. The molecule has 5 nitrogen and oxygen atoms in total. The van der Waals surface area contributed by atoms with Gasteiger partial charge in [0.05, 0.1) is 24.8 Å². The van der Waals surface area contributed by atoms with Crippen molar-refractivity contribution in [3.8, 4) is 5.69 Å². The van der Waals surface area contributed by atoms with Crippen LogP contribution >= 0.6 is 11.3 Å². The van der Waals surface area contributed by atoms with Gasteiger partial charge in [-0.05, 0) is 38.6 Å². The van der Waals surface area contributed by atoms with Crippen LogP contribution in [-0.2, 0) is 11.3 Å². The van der Waals surface area contributed by atoms with Gasteiger partial charge in [-0.25, -0.2) is 9.78 Å². The Morgan fingerprint density at radius 3 is 2.81 bits per heavy atom. The van der Waals surface area contributed by atoms with Gasteiger partial charge in [0, 0.05) is 18.3 Å². The largest absolute Gasteiger partial charge is 0.465 e. The fourth-order valence-corrected chi connectivity index (χ4v) is 2.94. The van der Waals surface area contributed by atoms with Crippen LogP contribution in [0.15, 0.2) is 17.9 Å². The topological polar surface area (TPSA) is 56.2 Å². The lowest BCUT2D eigenvalue weighted by molar-refractivity contribution is 0.0606.